The summed E-state index contributed by atoms with van der Waals surface area (Å²) in [6.45, 7) is 0. The Bertz CT molecular complexity index is 32.6. The van der Waals surface area contributed by atoms with Crippen LogP contribution in [0.3, 0.4) is 0 Å². The van der Waals surface area contributed by atoms with Crippen molar-refractivity contribution in [1.82, 2.24) is 0 Å². The normalized spacial score (nSPS) is 4.80. The molecule has 4 heteroatoms. The Morgan fingerprint density at radius 3 is 1.40 bits per heavy atom. The number of nitrogens with two attached hydrogens (primary N) is 2. The third kappa shape index (κ3) is 468. The first-order chi connectivity index (χ1) is 1.73. The van der Waals surface area contributed by atoms with E-state index in [1.807, 2.05) is 0 Å². The van der Waals surface area contributed by atoms with E-state index in [9.17, 15) is 0 Å². The summed E-state index contributed by atoms with van der Waals surface area (Å²) in [5, 5.41) is 0.000000000000000222. The molecular formula is CH4CuN2S+. The molecule has 0 radical (unpaired) electrons. The van der Waals surface area contributed by atoms with Gasteiger partial charge >= 0.3 is 17.1 Å². The molecule has 0 aromatic heterocycles. The van der Waals surface area contributed by atoms with Gasteiger partial charge < -0.3 is 11.5 Å². The van der Waals surface area contributed by atoms with Crippen molar-refractivity contribution in [3.05, 3.63) is 0 Å². The first-order valence-corrected chi connectivity index (χ1v) is 1.19. The molecule has 2 nitrogen and oxygen atoms in total. The molecule has 4 N–H and O–H groups in total. The molecular weight excluding hydrogens is 136 g/mol. The van der Waals surface area contributed by atoms with E-state index >= 15 is 0 Å². The van der Waals surface area contributed by atoms with E-state index in [1.54, 1.807) is 0 Å². The SMILES string of the molecule is NC(N)=S.[Cu+]. The monoisotopic (exact) mass is 139 g/mol. The predicted molar refractivity (Wildman–Crippen MR) is 21.0 cm³/mol. The van der Waals surface area contributed by atoms with E-state index in [-0.39, 0.29) is 22.2 Å². The fraction of sp³-hybridized carbons (Fsp3) is 0. The Labute approximate surface area is 46.4 Å². The Hall–Kier alpha value is 0.209. The molecule has 0 amide bonds. The van der Waals surface area contributed by atoms with Crippen LogP contribution in [0.1, 0.15) is 0 Å². The molecule has 0 rings (SSSR count). The Kier molecular flexibility index (Phi) is 7.54. The maximum absolute atomic E-state index is 4.62. The second kappa shape index (κ2) is 4.21. The standard InChI is InChI=1S/CH4N2S.Cu/c2-1(3)4;/h(H4,2,3,4);/q;+1. The number of hydrogen-bond acceptors (Lipinski definition) is 1. The number of hydrogen-bond donors (Lipinski definition) is 2. The summed E-state index contributed by atoms with van der Waals surface area (Å²) in [5.74, 6) is 0. The quantitative estimate of drug-likeness (QED) is 0.341. The van der Waals surface area contributed by atoms with Gasteiger partial charge in [-0.05, 0) is 12.2 Å². The third-order valence-electron chi connectivity index (χ3n) is 0. The van der Waals surface area contributed by atoms with Crippen LogP contribution in [0, 0.1) is 0 Å². The topological polar surface area (TPSA) is 52.0 Å². The molecule has 0 saturated carbocycles. The summed E-state index contributed by atoms with van der Waals surface area (Å²) in [4.78, 5) is 0. The van der Waals surface area contributed by atoms with Gasteiger partial charge in [0.15, 0.2) is 5.11 Å². The Morgan fingerprint density at radius 1 is 1.40 bits per heavy atom. The van der Waals surface area contributed by atoms with Crippen LogP contribution in [-0.2, 0) is 17.1 Å². The van der Waals surface area contributed by atoms with Crippen molar-refractivity contribution in [2.75, 3.05) is 0 Å². The molecule has 0 bridgehead atoms. The first-order valence-electron chi connectivity index (χ1n) is 0.781. The number of thiocarbonyl (C=S) groups is 1. The molecule has 0 aromatic carbocycles. The van der Waals surface area contributed by atoms with Crippen molar-refractivity contribution in [3.63, 3.8) is 0 Å². The maximum Gasteiger partial charge on any atom is 1.00 e. The van der Waals surface area contributed by atoms with Crippen LogP contribution >= 0.6 is 12.2 Å². The van der Waals surface area contributed by atoms with Crippen LogP contribution in [0.4, 0.5) is 0 Å². The van der Waals surface area contributed by atoms with Crippen molar-refractivity contribution in [1.29, 1.82) is 0 Å². The average molecular weight is 140 g/mol. The van der Waals surface area contributed by atoms with Crippen LogP contribution < -0.4 is 11.5 Å². The largest absolute Gasteiger partial charge is 1.00 e. The fourth-order valence-corrected chi connectivity index (χ4v) is 0. The van der Waals surface area contributed by atoms with Gasteiger partial charge in [-0.3, -0.25) is 0 Å². The van der Waals surface area contributed by atoms with Crippen LogP contribution in [0.2, 0.25) is 0 Å². The van der Waals surface area contributed by atoms with Gasteiger partial charge in [-0.1, -0.05) is 0 Å². The molecule has 0 aliphatic rings. The van der Waals surface area contributed by atoms with Crippen molar-refractivity contribution in [2.24, 2.45) is 11.5 Å². The minimum absolute atomic E-state index is 0. The molecule has 0 unspecified atom stereocenters. The molecule has 0 heterocycles. The summed E-state index contributed by atoms with van der Waals surface area (Å²) >= 11 is 4.09. The summed E-state index contributed by atoms with van der Waals surface area (Å²) in [6.07, 6.45) is 0. The Balaban J connectivity index is 0. The second-order valence-corrected chi connectivity index (χ2v) is 0.874. The molecule has 0 aromatic rings. The number of rotatable bonds is 0. The third-order valence-corrected chi connectivity index (χ3v) is 0. The van der Waals surface area contributed by atoms with Crippen molar-refractivity contribution >= 4 is 17.3 Å². The van der Waals surface area contributed by atoms with Gasteiger partial charge in [0.25, 0.3) is 0 Å². The molecule has 5 heavy (non-hydrogen) atoms. The molecule has 0 aliphatic carbocycles. The second-order valence-electron chi connectivity index (χ2n) is 0.402. The summed E-state index contributed by atoms with van der Waals surface area (Å²) in [6, 6.07) is 0. The minimum Gasteiger partial charge on any atom is -0.377 e. The molecule has 34 valence electrons. The first kappa shape index (κ1) is 8.96. The van der Waals surface area contributed by atoms with Gasteiger partial charge in [0.2, 0.25) is 0 Å². The van der Waals surface area contributed by atoms with Gasteiger partial charge in [-0.2, -0.15) is 0 Å². The van der Waals surface area contributed by atoms with Crippen molar-refractivity contribution < 1.29 is 17.1 Å². The Morgan fingerprint density at radius 2 is 1.40 bits per heavy atom. The molecule has 0 spiro atoms. The minimum atomic E-state index is 0. The van der Waals surface area contributed by atoms with Crippen LogP contribution in [-0.4, -0.2) is 5.11 Å². The zero-order valence-corrected chi connectivity index (χ0v) is 4.12. The molecule has 0 saturated heterocycles. The van der Waals surface area contributed by atoms with E-state index in [1.165, 1.54) is 0 Å². The van der Waals surface area contributed by atoms with E-state index in [0.717, 1.165) is 0 Å². The van der Waals surface area contributed by atoms with Crippen molar-refractivity contribution in [2.45, 2.75) is 0 Å². The van der Waals surface area contributed by atoms with E-state index in [2.05, 4.69) is 23.7 Å². The van der Waals surface area contributed by atoms with Gasteiger partial charge in [0.1, 0.15) is 0 Å². The molecule has 0 fully saturated rings. The summed E-state index contributed by atoms with van der Waals surface area (Å²) < 4.78 is 0. The predicted octanol–water partition coefficient (Wildman–Crippen LogP) is -0.814. The van der Waals surface area contributed by atoms with Gasteiger partial charge in [0.05, 0.1) is 0 Å². The smallest absolute Gasteiger partial charge is 0.377 e. The van der Waals surface area contributed by atoms with E-state index in [4.69, 9.17) is 0 Å². The van der Waals surface area contributed by atoms with E-state index < -0.39 is 0 Å². The average Bonchev–Trinajstić information content (AvgIpc) is 0.811. The van der Waals surface area contributed by atoms with Gasteiger partial charge in [-0.25, -0.2) is 0 Å². The molecule has 0 aliphatic heterocycles. The van der Waals surface area contributed by atoms with Gasteiger partial charge in [-0.15, -0.1) is 0 Å². The fourth-order valence-electron chi connectivity index (χ4n) is 0. The zero-order chi connectivity index (χ0) is 3.58. The van der Waals surface area contributed by atoms with Gasteiger partial charge in [0, 0.05) is 0 Å². The van der Waals surface area contributed by atoms with Crippen molar-refractivity contribution in [3.8, 4) is 0 Å². The van der Waals surface area contributed by atoms with E-state index in [0.29, 0.717) is 0 Å². The summed E-state index contributed by atoms with van der Waals surface area (Å²) in [7, 11) is 0. The van der Waals surface area contributed by atoms with Crippen LogP contribution in [0.15, 0.2) is 0 Å². The zero-order valence-electron chi connectivity index (χ0n) is 2.36. The maximum atomic E-state index is 4.62. The van der Waals surface area contributed by atoms with Crippen LogP contribution in [0.5, 0.6) is 0 Å². The molecule has 0 atom stereocenters. The van der Waals surface area contributed by atoms with Crippen LogP contribution in [0.25, 0.3) is 0 Å². The summed E-state index contributed by atoms with van der Waals surface area (Å²) in [5.41, 5.74) is 9.24.